The number of nitrogens with two attached hydrogens (primary N) is 1. The van der Waals surface area contributed by atoms with E-state index in [4.69, 9.17) is 15.6 Å². The quantitative estimate of drug-likeness (QED) is 0.443. The van der Waals surface area contributed by atoms with Crippen LogP contribution in [-0.4, -0.2) is 50.3 Å². The number of fused-ring (bicyclic) bond motifs is 1. The Bertz CT molecular complexity index is 794. The highest BCUT2D eigenvalue weighted by Crippen LogP contribution is 2.40. The summed E-state index contributed by atoms with van der Waals surface area (Å²) in [5.41, 5.74) is 7.03. The van der Waals surface area contributed by atoms with Gasteiger partial charge in [0.15, 0.2) is 0 Å². The lowest BCUT2D eigenvalue weighted by molar-refractivity contribution is -0.149. The van der Waals surface area contributed by atoms with Crippen LogP contribution >= 0.6 is 11.8 Å². The van der Waals surface area contributed by atoms with Gasteiger partial charge in [-0.3, -0.25) is 14.5 Å². The van der Waals surface area contributed by atoms with Gasteiger partial charge in [0.1, 0.15) is 23.2 Å². The van der Waals surface area contributed by atoms with E-state index < -0.39 is 35.4 Å². The monoisotopic (exact) mass is 379 g/mol. The van der Waals surface area contributed by atoms with Crippen molar-refractivity contribution in [2.75, 3.05) is 5.75 Å². The van der Waals surface area contributed by atoms with Crippen LogP contribution in [0.15, 0.2) is 35.7 Å². The molecule has 1 aromatic carbocycles. The molecular weight excluding hydrogens is 362 g/mol. The molecule has 0 aliphatic carbocycles. The molecule has 138 valence electrons. The molecule has 2 unspecified atom stereocenters. The van der Waals surface area contributed by atoms with Gasteiger partial charge >= 0.3 is 6.16 Å². The second-order valence-corrected chi connectivity index (χ2v) is 7.02. The van der Waals surface area contributed by atoms with Gasteiger partial charge in [0.2, 0.25) is 11.8 Å². The van der Waals surface area contributed by atoms with Gasteiger partial charge in [0.25, 0.3) is 5.91 Å². The van der Waals surface area contributed by atoms with E-state index in [1.54, 1.807) is 6.92 Å². The molecule has 1 fully saturated rings. The summed E-state index contributed by atoms with van der Waals surface area (Å²) in [6.45, 7) is 1.68. The van der Waals surface area contributed by atoms with Gasteiger partial charge in [-0.15, -0.1) is 11.8 Å². The van der Waals surface area contributed by atoms with E-state index in [-0.39, 0.29) is 11.6 Å². The van der Waals surface area contributed by atoms with Crippen LogP contribution in [0, 0.1) is 0 Å². The summed E-state index contributed by atoms with van der Waals surface area (Å²) >= 11 is 1.40. The minimum Gasteiger partial charge on any atom is -0.508 e. The molecular formula is C16H17N3O6S. The largest absolute Gasteiger partial charge is 0.512 e. The lowest BCUT2D eigenvalue weighted by Gasteiger charge is -2.49. The fourth-order valence-corrected chi connectivity index (χ4v) is 4.03. The van der Waals surface area contributed by atoms with Gasteiger partial charge in [-0.25, -0.2) is 4.79 Å². The first-order valence-corrected chi connectivity index (χ1v) is 8.74. The normalized spacial score (nSPS) is 23.0. The average Bonchev–Trinajstić information content (AvgIpc) is 2.60. The van der Waals surface area contributed by atoms with Crippen LogP contribution < -0.4 is 11.1 Å². The molecule has 5 N–H and O–H groups in total. The summed E-state index contributed by atoms with van der Waals surface area (Å²) in [6.07, 6.45) is -1.50. The average molecular weight is 379 g/mol. The van der Waals surface area contributed by atoms with Crippen LogP contribution in [0.5, 0.6) is 5.75 Å². The number of phenols is 1. The zero-order chi connectivity index (χ0) is 19.0. The summed E-state index contributed by atoms with van der Waals surface area (Å²) in [5, 5.41) is 20.3. The van der Waals surface area contributed by atoms with Gasteiger partial charge in [0, 0.05) is 5.75 Å². The number of thioether (sulfide) groups is 1. The lowest BCUT2D eigenvalue weighted by atomic mass is 10.0. The Morgan fingerprint density at radius 2 is 2.04 bits per heavy atom. The van der Waals surface area contributed by atoms with Crippen molar-refractivity contribution in [3.05, 3.63) is 41.3 Å². The van der Waals surface area contributed by atoms with Crippen molar-refractivity contribution in [2.24, 2.45) is 5.73 Å². The maximum absolute atomic E-state index is 12.4. The third-order valence-electron chi connectivity index (χ3n) is 4.11. The number of aromatic hydroxyl groups is 1. The number of nitrogens with zero attached hydrogens (tertiary/aromatic N) is 1. The van der Waals surface area contributed by atoms with Gasteiger partial charge in [0.05, 0.1) is 0 Å². The highest BCUT2D eigenvalue weighted by molar-refractivity contribution is 8.00. The SMILES string of the molecule is CC1=C(OC(=O)O)N2C(=O)C(NC(=O)C(N)c3ccc(O)cc3)[C@@H]2SC1. The van der Waals surface area contributed by atoms with E-state index in [9.17, 15) is 19.5 Å². The molecule has 0 spiro atoms. The minimum absolute atomic E-state index is 0.000387. The van der Waals surface area contributed by atoms with Crippen LogP contribution in [0.4, 0.5) is 4.79 Å². The molecule has 2 aliphatic heterocycles. The van der Waals surface area contributed by atoms with Crippen molar-refractivity contribution in [1.29, 1.82) is 0 Å². The fourth-order valence-electron chi connectivity index (χ4n) is 2.76. The standard InChI is InChI=1S/C16H17N3O6S/c1-7-6-26-15-11(13(22)19(15)14(7)25-16(23)24)18-12(21)10(17)8-2-4-9(20)5-3-8/h2-5,10-11,15,20H,6,17H2,1H3,(H,18,21)(H,23,24)/t10?,11?,15-/m0/s1. The van der Waals surface area contributed by atoms with Crippen LogP contribution in [0.1, 0.15) is 18.5 Å². The van der Waals surface area contributed by atoms with E-state index in [2.05, 4.69) is 5.32 Å². The number of β-lactam (4-membered cyclic amide) rings is 1. The fraction of sp³-hybridized carbons (Fsp3) is 0.312. The number of amides is 2. The molecule has 1 saturated heterocycles. The molecule has 1 aromatic rings. The first-order valence-electron chi connectivity index (χ1n) is 7.69. The molecule has 0 radical (unpaired) electrons. The maximum Gasteiger partial charge on any atom is 0.512 e. The number of benzene rings is 1. The van der Waals surface area contributed by atoms with E-state index in [1.807, 2.05) is 0 Å². The molecule has 0 saturated carbocycles. The summed E-state index contributed by atoms with van der Waals surface area (Å²) in [6, 6.07) is 4.07. The molecule has 0 bridgehead atoms. The number of rotatable bonds is 4. The maximum atomic E-state index is 12.4. The molecule has 10 heteroatoms. The van der Waals surface area contributed by atoms with E-state index in [0.29, 0.717) is 16.9 Å². The number of carbonyl (C=O) groups excluding carboxylic acids is 2. The summed E-state index contributed by atoms with van der Waals surface area (Å²) in [7, 11) is 0. The third-order valence-corrected chi connectivity index (χ3v) is 5.54. The number of carbonyl (C=O) groups is 3. The Morgan fingerprint density at radius 3 is 2.65 bits per heavy atom. The topological polar surface area (TPSA) is 142 Å². The minimum atomic E-state index is -1.50. The van der Waals surface area contributed by atoms with E-state index in [0.717, 1.165) is 0 Å². The highest BCUT2D eigenvalue weighted by atomic mass is 32.2. The van der Waals surface area contributed by atoms with E-state index in [1.165, 1.54) is 40.9 Å². The van der Waals surface area contributed by atoms with Crippen LogP contribution in [-0.2, 0) is 14.3 Å². The van der Waals surface area contributed by atoms with E-state index >= 15 is 0 Å². The first kappa shape index (κ1) is 18.1. The zero-order valence-electron chi connectivity index (χ0n) is 13.7. The number of hydrogen-bond donors (Lipinski definition) is 4. The van der Waals surface area contributed by atoms with Crippen LogP contribution in [0.2, 0.25) is 0 Å². The molecule has 0 aromatic heterocycles. The predicted molar refractivity (Wildman–Crippen MR) is 91.9 cm³/mol. The smallest absolute Gasteiger partial charge is 0.508 e. The summed E-state index contributed by atoms with van der Waals surface area (Å²) < 4.78 is 4.72. The number of hydrogen-bond acceptors (Lipinski definition) is 7. The molecule has 9 nitrogen and oxygen atoms in total. The molecule has 3 atom stereocenters. The van der Waals surface area contributed by atoms with Crippen molar-refractivity contribution in [3.8, 4) is 5.75 Å². The Balaban J connectivity index is 1.69. The third kappa shape index (κ3) is 3.20. The molecule has 3 rings (SSSR count). The van der Waals surface area contributed by atoms with Crippen molar-refractivity contribution in [1.82, 2.24) is 10.2 Å². The highest BCUT2D eigenvalue weighted by Gasteiger charge is 2.53. The Morgan fingerprint density at radius 1 is 1.38 bits per heavy atom. The number of nitrogens with one attached hydrogen (secondary N) is 1. The number of ether oxygens (including phenoxy) is 1. The second-order valence-electron chi connectivity index (χ2n) is 5.92. The Kier molecular flexibility index (Phi) is 4.79. The molecule has 26 heavy (non-hydrogen) atoms. The summed E-state index contributed by atoms with van der Waals surface area (Å²) in [4.78, 5) is 36.8. The summed E-state index contributed by atoms with van der Waals surface area (Å²) in [5.74, 6) is -0.462. The van der Waals surface area contributed by atoms with Gasteiger partial charge in [-0.2, -0.15) is 0 Å². The van der Waals surface area contributed by atoms with Gasteiger partial charge in [-0.05, 0) is 30.2 Å². The lowest BCUT2D eigenvalue weighted by Crippen LogP contribution is -2.70. The first-order chi connectivity index (χ1) is 12.3. The van der Waals surface area contributed by atoms with Crippen LogP contribution in [0.3, 0.4) is 0 Å². The van der Waals surface area contributed by atoms with Crippen molar-refractivity contribution < 1.29 is 29.3 Å². The van der Waals surface area contributed by atoms with Gasteiger partial charge in [-0.1, -0.05) is 12.1 Å². The predicted octanol–water partition coefficient (Wildman–Crippen LogP) is 0.718. The molecule has 2 aliphatic rings. The number of phenolic OH excluding ortho intramolecular Hbond substituents is 1. The van der Waals surface area contributed by atoms with Crippen molar-refractivity contribution in [3.63, 3.8) is 0 Å². The van der Waals surface area contributed by atoms with Crippen molar-refractivity contribution >= 4 is 29.7 Å². The number of carboxylic acid groups (broad SMARTS) is 1. The van der Waals surface area contributed by atoms with Gasteiger partial charge < -0.3 is 26.0 Å². The van der Waals surface area contributed by atoms with Crippen molar-refractivity contribution in [2.45, 2.75) is 24.4 Å². The molecule has 2 heterocycles. The second kappa shape index (κ2) is 6.89. The Labute approximate surface area is 152 Å². The molecule has 2 amide bonds. The Hall–Kier alpha value is -2.72. The zero-order valence-corrected chi connectivity index (χ0v) is 14.5. The van der Waals surface area contributed by atoms with Crippen LogP contribution in [0.25, 0.3) is 0 Å².